The van der Waals surface area contributed by atoms with Crippen LogP contribution in [-0.4, -0.2) is 34.6 Å². The van der Waals surface area contributed by atoms with Crippen molar-refractivity contribution >= 4 is 29.0 Å². The topological polar surface area (TPSA) is 33.2 Å². The van der Waals surface area contributed by atoms with E-state index in [4.69, 9.17) is 0 Å². The third-order valence-electron chi connectivity index (χ3n) is 4.16. The van der Waals surface area contributed by atoms with Gasteiger partial charge in [0.2, 0.25) is 5.91 Å². The number of hydrogen-bond acceptors (Lipinski definition) is 4. The molecule has 1 fully saturated rings. The highest BCUT2D eigenvalue weighted by Crippen LogP contribution is 2.29. The van der Waals surface area contributed by atoms with Gasteiger partial charge in [-0.2, -0.15) is 0 Å². The third-order valence-corrected chi connectivity index (χ3v) is 6.17. The summed E-state index contributed by atoms with van der Waals surface area (Å²) in [4.78, 5) is 18.9. The van der Waals surface area contributed by atoms with E-state index in [1.807, 2.05) is 10.3 Å². The van der Waals surface area contributed by atoms with Crippen molar-refractivity contribution in [3.8, 4) is 11.3 Å². The van der Waals surface area contributed by atoms with Crippen LogP contribution >= 0.6 is 23.1 Å². The van der Waals surface area contributed by atoms with E-state index in [9.17, 15) is 9.18 Å². The van der Waals surface area contributed by atoms with Crippen LogP contribution in [0.1, 0.15) is 20.3 Å². The van der Waals surface area contributed by atoms with Gasteiger partial charge in [-0.05, 0) is 42.5 Å². The van der Waals surface area contributed by atoms with Gasteiger partial charge in [0.1, 0.15) is 5.82 Å². The Kier molecular flexibility index (Phi) is 5.56. The molecule has 128 valence electrons. The molecule has 2 unspecified atom stereocenters. The first-order valence-electron chi connectivity index (χ1n) is 8.13. The van der Waals surface area contributed by atoms with E-state index in [-0.39, 0.29) is 11.7 Å². The first-order valence-corrected chi connectivity index (χ1v) is 10.00. The zero-order chi connectivity index (χ0) is 17.1. The predicted octanol–water partition coefficient (Wildman–Crippen LogP) is 4.55. The Hall–Kier alpha value is -1.40. The number of piperidine rings is 1. The molecule has 2 atom stereocenters. The number of amides is 1. The van der Waals surface area contributed by atoms with Crippen LogP contribution in [0.15, 0.2) is 34.0 Å². The molecular formula is C18H21FN2OS2. The van der Waals surface area contributed by atoms with Crippen LogP contribution in [0.5, 0.6) is 0 Å². The summed E-state index contributed by atoms with van der Waals surface area (Å²) in [5, 5.41) is 1.95. The summed E-state index contributed by atoms with van der Waals surface area (Å²) in [6.45, 7) is 6.14. The fourth-order valence-corrected chi connectivity index (χ4v) is 4.90. The average molecular weight is 365 g/mol. The van der Waals surface area contributed by atoms with E-state index in [1.165, 1.54) is 41.7 Å². The van der Waals surface area contributed by atoms with Crippen LogP contribution < -0.4 is 0 Å². The van der Waals surface area contributed by atoms with Crippen LogP contribution in [-0.2, 0) is 4.79 Å². The molecule has 1 aromatic carbocycles. The normalized spacial score (nSPS) is 21.0. The first-order chi connectivity index (χ1) is 11.5. The molecule has 1 amide bonds. The molecule has 0 bridgehead atoms. The molecule has 1 saturated heterocycles. The van der Waals surface area contributed by atoms with Crippen molar-refractivity contribution in [1.29, 1.82) is 0 Å². The predicted molar refractivity (Wildman–Crippen MR) is 97.8 cm³/mol. The van der Waals surface area contributed by atoms with Gasteiger partial charge in [-0.25, -0.2) is 9.37 Å². The number of carbonyl (C=O) groups is 1. The standard InChI is InChI=1S/C18H21FN2OS2/c1-12-7-13(2)9-21(8-12)17(22)11-24-18-20-16(10-23-18)14-3-5-15(19)6-4-14/h3-6,10,12-13H,7-9,11H2,1-2H3. The molecule has 24 heavy (non-hydrogen) atoms. The number of aromatic nitrogens is 1. The summed E-state index contributed by atoms with van der Waals surface area (Å²) in [5.41, 5.74) is 1.72. The number of thiazole rings is 1. The van der Waals surface area contributed by atoms with Gasteiger partial charge < -0.3 is 4.90 Å². The molecule has 0 spiro atoms. The van der Waals surface area contributed by atoms with Gasteiger partial charge >= 0.3 is 0 Å². The minimum atomic E-state index is -0.251. The Balaban J connectivity index is 1.57. The van der Waals surface area contributed by atoms with Gasteiger partial charge in [-0.3, -0.25) is 4.79 Å². The Bertz CT molecular complexity index is 691. The minimum Gasteiger partial charge on any atom is -0.341 e. The maximum atomic E-state index is 13.0. The Labute approximate surface area is 150 Å². The fraction of sp³-hybridized carbons (Fsp3) is 0.444. The van der Waals surface area contributed by atoms with Crippen LogP contribution in [0.2, 0.25) is 0 Å². The molecule has 2 heterocycles. The molecule has 3 rings (SSSR count). The number of nitrogens with zero attached hydrogens (tertiary/aromatic N) is 2. The number of benzene rings is 1. The van der Waals surface area contributed by atoms with Crippen molar-refractivity contribution in [2.75, 3.05) is 18.8 Å². The van der Waals surface area contributed by atoms with Crippen LogP contribution in [0.25, 0.3) is 11.3 Å². The molecule has 6 heteroatoms. The summed E-state index contributed by atoms with van der Waals surface area (Å²) in [6.07, 6.45) is 1.20. The molecule has 0 aliphatic carbocycles. The molecule has 0 saturated carbocycles. The largest absolute Gasteiger partial charge is 0.341 e. The minimum absolute atomic E-state index is 0.192. The number of rotatable bonds is 4. The third kappa shape index (κ3) is 4.36. The lowest BCUT2D eigenvalue weighted by molar-refractivity contribution is -0.130. The number of likely N-dealkylation sites (tertiary alicyclic amines) is 1. The summed E-state index contributed by atoms with van der Waals surface area (Å²) >= 11 is 3.01. The van der Waals surface area contributed by atoms with Crippen molar-refractivity contribution in [1.82, 2.24) is 9.88 Å². The van der Waals surface area contributed by atoms with Gasteiger partial charge in [0.05, 0.1) is 11.4 Å². The van der Waals surface area contributed by atoms with Gasteiger partial charge in [0.25, 0.3) is 0 Å². The van der Waals surface area contributed by atoms with Crippen LogP contribution in [0.3, 0.4) is 0 Å². The maximum Gasteiger partial charge on any atom is 0.233 e. The van der Waals surface area contributed by atoms with Crippen molar-refractivity contribution in [3.63, 3.8) is 0 Å². The lowest BCUT2D eigenvalue weighted by Crippen LogP contribution is -2.43. The van der Waals surface area contributed by atoms with E-state index in [0.717, 1.165) is 28.7 Å². The summed E-state index contributed by atoms with van der Waals surface area (Å²) < 4.78 is 13.9. The van der Waals surface area contributed by atoms with Gasteiger partial charge in [0.15, 0.2) is 4.34 Å². The van der Waals surface area contributed by atoms with E-state index in [1.54, 1.807) is 12.1 Å². The van der Waals surface area contributed by atoms with Gasteiger partial charge in [-0.15, -0.1) is 11.3 Å². The number of carbonyl (C=O) groups excluding carboxylic acids is 1. The van der Waals surface area contributed by atoms with Crippen molar-refractivity contribution in [3.05, 3.63) is 35.5 Å². The van der Waals surface area contributed by atoms with Gasteiger partial charge in [-0.1, -0.05) is 25.6 Å². The second-order valence-electron chi connectivity index (χ2n) is 6.54. The first kappa shape index (κ1) is 17.4. The number of hydrogen-bond donors (Lipinski definition) is 0. The highest BCUT2D eigenvalue weighted by atomic mass is 32.2. The number of thioether (sulfide) groups is 1. The lowest BCUT2D eigenvalue weighted by atomic mass is 9.92. The molecule has 1 aromatic heterocycles. The van der Waals surface area contributed by atoms with Crippen LogP contribution in [0.4, 0.5) is 4.39 Å². The Morgan fingerprint density at radius 1 is 1.29 bits per heavy atom. The zero-order valence-corrected chi connectivity index (χ0v) is 15.5. The molecule has 0 radical (unpaired) electrons. The fourth-order valence-electron chi connectivity index (χ4n) is 3.16. The molecule has 0 N–H and O–H groups in total. The second kappa shape index (κ2) is 7.66. The monoisotopic (exact) mass is 364 g/mol. The zero-order valence-electron chi connectivity index (χ0n) is 13.9. The average Bonchev–Trinajstić information content (AvgIpc) is 3.01. The summed E-state index contributed by atoms with van der Waals surface area (Å²) in [6, 6.07) is 6.31. The van der Waals surface area contributed by atoms with Gasteiger partial charge in [0, 0.05) is 24.0 Å². The molecular weight excluding hydrogens is 343 g/mol. The molecule has 3 nitrogen and oxygen atoms in total. The quantitative estimate of drug-likeness (QED) is 0.747. The summed E-state index contributed by atoms with van der Waals surface area (Å²) in [5.74, 6) is 1.52. The van der Waals surface area contributed by atoms with Crippen molar-refractivity contribution in [2.24, 2.45) is 11.8 Å². The molecule has 1 aliphatic heterocycles. The van der Waals surface area contributed by atoms with E-state index >= 15 is 0 Å². The van der Waals surface area contributed by atoms with Crippen LogP contribution in [0, 0.1) is 17.7 Å². The molecule has 1 aliphatic rings. The lowest BCUT2D eigenvalue weighted by Gasteiger charge is -2.34. The smallest absolute Gasteiger partial charge is 0.233 e. The Morgan fingerprint density at radius 2 is 1.96 bits per heavy atom. The highest BCUT2D eigenvalue weighted by molar-refractivity contribution is 8.01. The molecule has 2 aromatic rings. The van der Waals surface area contributed by atoms with E-state index in [2.05, 4.69) is 18.8 Å². The number of halogens is 1. The van der Waals surface area contributed by atoms with E-state index in [0.29, 0.717) is 17.6 Å². The summed E-state index contributed by atoms with van der Waals surface area (Å²) in [7, 11) is 0. The maximum absolute atomic E-state index is 13.0. The second-order valence-corrected chi connectivity index (χ2v) is 8.62. The van der Waals surface area contributed by atoms with Crippen molar-refractivity contribution in [2.45, 2.75) is 24.6 Å². The Morgan fingerprint density at radius 3 is 2.62 bits per heavy atom. The van der Waals surface area contributed by atoms with E-state index < -0.39 is 0 Å². The highest BCUT2D eigenvalue weighted by Gasteiger charge is 2.25. The van der Waals surface area contributed by atoms with Crippen molar-refractivity contribution < 1.29 is 9.18 Å². The SMILES string of the molecule is CC1CC(C)CN(C(=O)CSc2nc(-c3ccc(F)cc3)cs2)C1.